The molecule has 3 nitrogen and oxygen atoms in total. The lowest BCUT2D eigenvalue weighted by atomic mass is 10.1. The molecular formula is C18H19N3S. The first-order valence-corrected chi connectivity index (χ1v) is 8.26. The Kier molecular flexibility index (Phi) is 4.93. The summed E-state index contributed by atoms with van der Waals surface area (Å²) in [5.74, 6) is 0. The summed E-state index contributed by atoms with van der Waals surface area (Å²) in [4.78, 5) is 10.1. The SMILES string of the molecule is Cc1ccccc1-c1cnc(CNCCc2ccccn2)s1. The van der Waals surface area contributed by atoms with Crippen LogP contribution in [0.4, 0.5) is 0 Å². The molecule has 112 valence electrons. The van der Waals surface area contributed by atoms with E-state index in [0.29, 0.717) is 0 Å². The van der Waals surface area contributed by atoms with E-state index in [1.54, 1.807) is 11.3 Å². The number of hydrogen-bond donors (Lipinski definition) is 1. The van der Waals surface area contributed by atoms with Crippen LogP contribution in [0.25, 0.3) is 10.4 Å². The van der Waals surface area contributed by atoms with Crippen molar-refractivity contribution in [1.82, 2.24) is 15.3 Å². The molecule has 0 radical (unpaired) electrons. The number of nitrogens with one attached hydrogen (secondary N) is 1. The van der Waals surface area contributed by atoms with Gasteiger partial charge >= 0.3 is 0 Å². The average Bonchev–Trinajstić information content (AvgIpc) is 3.02. The summed E-state index contributed by atoms with van der Waals surface area (Å²) in [7, 11) is 0. The molecule has 4 heteroatoms. The molecule has 0 saturated carbocycles. The molecule has 2 heterocycles. The van der Waals surface area contributed by atoms with Crippen LogP contribution < -0.4 is 5.32 Å². The van der Waals surface area contributed by atoms with Gasteiger partial charge in [-0.3, -0.25) is 4.98 Å². The topological polar surface area (TPSA) is 37.8 Å². The van der Waals surface area contributed by atoms with Crippen molar-refractivity contribution in [3.63, 3.8) is 0 Å². The summed E-state index contributed by atoms with van der Waals surface area (Å²) in [6, 6.07) is 14.5. The first kappa shape index (κ1) is 14.9. The number of thiazole rings is 1. The molecule has 0 amide bonds. The van der Waals surface area contributed by atoms with Crippen LogP contribution in [0.5, 0.6) is 0 Å². The van der Waals surface area contributed by atoms with Crippen LogP contribution in [0.3, 0.4) is 0 Å². The Morgan fingerprint density at radius 2 is 1.91 bits per heavy atom. The Morgan fingerprint density at radius 3 is 2.73 bits per heavy atom. The van der Waals surface area contributed by atoms with E-state index in [1.807, 2.05) is 24.5 Å². The molecule has 1 N–H and O–H groups in total. The second-order valence-corrected chi connectivity index (χ2v) is 6.30. The Balaban J connectivity index is 1.53. The molecule has 22 heavy (non-hydrogen) atoms. The highest BCUT2D eigenvalue weighted by atomic mass is 32.1. The molecule has 0 spiro atoms. The van der Waals surface area contributed by atoms with Crippen molar-refractivity contribution >= 4 is 11.3 Å². The Morgan fingerprint density at radius 1 is 1.05 bits per heavy atom. The van der Waals surface area contributed by atoms with Crippen molar-refractivity contribution in [2.24, 2.45) is 0 Å². The van der Waals surface area contributed by atoms with Crippen molar-refractivity contribution in [3.05, 3.63) is 71.1 Å². The summed E-state index contributed by atoms with van der Waals surface area (Å²) in [5.41, 5.74) is 3.69. The van der Waals surface area contributed by atoms with E-state index >= 15 is 0 Å². The number of aryl methyl sites for hydroxylation is 1. The van der Waals surface area contributed by atoms with Gasteiger partial charge < -0.3 is 5.32 Å². The van der Waals surface area contributed by atoms with Crippen LogP contribution in [-0.2, 0) is 13.0 Å². The van der Waals surface area contributed by atoms with Crippen LogP contribution in [0.1, 0.15) is 16.3 Å². The lowest BCUT2D eigenvalue weighted by Crippen LogP contribution is -2.16. The molecule has 2 aromatic heterocycles. The van der Waals surface area contributed by atoms with Crippen molar-refractivity contribution in [3.8, 4) is 10.4 Å². The molecule has 0 fully saturated rings. The molecule has 1 aromatic carbocycles. The summed E-state index contributed by atoms with van der Waals surface area (Å²) < 4.78 is 0. The third kappa shape index (κ3) is 3.78. The standard InChI is InChI=1S/C18H19N3S/c1-14-6-2-3-8-16(14)17-12-21-18(22-17)13-19-11-9-15-7-4-5-10-20-15/h2-8,10,12,19H,9,11,13H2,1H3. The molecule has 3 rings (SSSR count). The molecule has 3 aromatic rings. The van der Waals surface area contributed by atoms with Gasteiger partial charge in [0, 0.05) is 37.6 Å². The van der Waals surface area contributed by atoms with Gasteiger partial charge in [-0.1, -0.05) is 30.3 Å². The van der Waals surface area contributed by atoms with Gasteiger partial charge in [0.05, 0.1) is 4.88 Å². The number of hydrogen-bond acceptors (Lipinski definition) is 4. The number of nitrogens with zero attached hydrogens (tertiary/aromatic N) is 2. The molecule has 0 atom stereocenters. The number of aromatic nitrogens is 2. The predicted molar refractivity (Wildman–Crippen MR) is 91.9 cm³/mol. The van der Waals surface area contributed by atoms with Gasteiger partial charge in [0.2, 0.25) is 0 Å². The van der Waals surface area contributed by atoms with Gasteiger partial charge in [0.1, 0.15) is 5.01 Å². The fourth-order valence-electron chi connectivity index (χ4n) is 2.32. The lowest BCUT2D eigenvalue weighted by Gasteiger charge is -2.02. The second-order valence-electron chi connectivity index (χ2n) is 5.18. The number of benzene rings is 1. The molecule has 0 unspecified atom stereocenters. The van der Waals surface area contributed by atoms with Crippen LogP contribution in [0.15, 0.2) is 54.9 Å². The summed E-state index contributed by atoms with van der Waals surface area (Å²) in [6.07, 6.45) is 4.75. The predicted octanol–water partition coefficient (Wildman–Crippen LogP) is 3.85. The highest BCUT2D eigenvalue weighted by Crippen LogP contribution is 2.28. The Bertz CT molecular complexity index is 722. The molecule has 0 bridgehead atoms. The van der Waals surface area contributed by atoms with E-state index in [2.05, 4.69) is 52.5 Å². The molecule has 0 aliphatic rings. The van der Waals surface area contributed by atoms with E-state index in [0.717, 1.165) is 30.2 Å². The van der Waals surface area contributed by atoms with Gasteiger partial charge in [-0.2, -0.15) is 0 Å². The van der Waals surface area contributed by atoms with Crippen LogP contribution in [-0.4, -0.2) is 16.5 Å². The van der Waals surface area contributed by atoms with Crippen LogP contribution in [0, 0.1) is 6.92 Å². The largest absolute Gasteiger partial charge is 0.310 e. The van der Waals surface area contributed by atoms with Gasteiger partial charge in [-0.05, 0) is 30.2 Å². The zero-order valence-electron chi connectivity index (χ0n) is 12.6. The lowest BCUT2D eigenvalue weighted by molar-refractivity contribution is 0.677. The van der Waals surface area contributed by atoms with Gasteiger partial charge in [-0.15, -0.1) is 11.3 Å². The zero-order chi connectivity index (χ0) is 15.2. The van der Waals surface area contributed by atoms with Gasteiger partial charge in [0.15, 0.2) is 0 Å². The fraction of sp³-hybridized carbons (Fsp3) is 0.222. The van der Waals surface area contributed by atoms with Crippen molar-refractivity contribution in [1.29, 1.82) is 0 Å². The maximum atomic E-state index is 4.52. The van der Waals surface area contributed by atoms with E-state index < -0.39 is 0 Å². The van der Waals surface area contributed by atoms with E-state index in [9.17, 15) is 0 Å². The van der Waals surface area contributed by atoms with Gasteiger partial charge in [0.25, 0.3) is 0 Å². The van der Waals surface area contributed by atoms with Gasteiger partial charge in [-0.25, -0.2) is 4.98 Å². The van der Waals surface area contributed by atoms with E-state index in [-0.39, 0.29) is 0 Å². The smallest absolute Gasteiger partial charge is 0.107 e. The average molecular weight is 309 g/mol. The Labute approximate surface area is 135 Å². The fourth-order valence-corrected chi connectivity index (χ4v) is 3.30. The van der Waals surface area contributed by atoms with E-state index in [4.69, 9.17) is 0 Å². The molecule has 0 aliphatic carbocycles. The van der Waals surface area contributed by atoms with Crippen molar-refractivity contribution in [2.45, 2.75) is 19.9 Å². The summed E-state index contributed by atoms with van der Waals surface area (Å²) in [6.45, 7) is 3.86. The van der Waals surface area contributed by atoms with Crippen LogP contribution in [0.2, 0.25) is 0 Å². The third-order valence-corrected chi connectivity index (χ3v) is 4.55. The van der Waals surface area contributed by atoms with Crippen molar-refractivity contribution < 1.29 is 0 Å². The first-order valence-electron chi connectivity index (χ1n) is 7.44. The maximum absolute atomic E-state index is 4.52. The number of pyridine rings is 1. The highest BCUT2D eigenvalue weighted by molar-refractivity contribution is 7.15. The Hall–Kier alpha value is -2.04. The molecule has 0 saturated heterocycles. The summed E-state index contributed by atoms with van der Waals surface area (Å²) in [5, 5.41) is 4.56. The molecular weight excluding hydrogens is 290 g/mol. The minimum atomic E-state index is 0.809. The third-order valence-electron chi connectivity index (χ3n) is 3.52. The monoisotopic (exact) mass is 309 g/mol. The van der Waals surface area contributed by atoms with Crippen LogP contribution >= 0.6 is 11.3 Å². The van der Waals surface area contributed by atoms with E-state index in [1.165, 1.54) is 16.0 Å². The zero-order valence-corrected chi connectivity index (χ0v) is 13.4. The maximum Gasteiger partial charge on any atom is 0.107 e. The first-order chi connectivity index (χ1) is 10.8. The minimum absolute atomic E-state index is 0.809. The molecule has 0 aliphatic heterocycles. The summed E-state index contributed by atoms with van der Waals surface area (Å²) >= 11 is 1.76. The minimum Gasteiger partial charge on any atom is -0.310 e. The van der Waals surface area contributed by atoms with Crippen molar-refractivity contribution in [2.75, 3.05) is 6.54 Å². The quantitative estimate of drug-likeness (QED) is 0.703. The number of rotatable bonds is 6. The normalized spacial score (nSPS) is 10.8. The highest BCUT2D eigenvalue weighted by Gasteiger charge is 2.06. The second kappa shape index (κ2) is 7.29.